The second-order valence-corrected chi connectivity index (χ2v) is 4.42. The molecule has 0 fully saturated rings. The van der Waals surface area contributed by atoms with E-state index >= 15 is 0 Å². The second-order valence-electron chi connectivity index (χ2n) is 4.42. The lowest BCUT2D eigenvalue weighted by atomic mass is 10.1. The Morgan fingerprint density at radius 3 is 2.20 bits per heavy atom. The van der Waals surface area contributed by atoms with Crippen LogP contribution in [0.4, 0.5) is 0 Å². The van der Waals surface area contributed by atoms with Gasteiger partial charge in [-0.25, -0.2) is 0 Å². The van der Waals surface area contributed by atoms with Crippen molar-refractivity contribution in [3.63, 3.8) is 0 Å². The van der Waals surface area contributed by atoms with Crippen molar-refractivity contribution in [1.29, 1.82) is 0 Å². The fourth-order valence-electron chi connectivity index (χ4n) is 1.97. The highest BCUT2D eigenvalue weighted by molar-refractivity contribution is 5.28. The third-order valence-electron chi connectivity index (χ3n) is 2.96. The molecule has 0 saturated heterocycles. The fraction of sp³-hybridized carbons (Fsp3) is 0.667. The van der Waals surface area contributed by atoms with Crippen LogP contribution in [-0.4, -0.2) is 0 Å². The van der Waals surface area contributed by atoms with Gasteiger partial charge in [-0.3, -0.25) is 0 Å². The highest BCUT2D eigenvalue weighted by atomic mass is 14.0. The molecule has 0 spiro atoms. The smallest absolute Gasteiger partial charge is 0.00601 e. The van der Waals surface area contributed by atoms with Crippen LogP contribution in [0, 0.1) is 0 Å². The van der Waals surface area contributed by atoms with Crippen LogP contribution in [0.5, 0.6) is 0 Å². The summed E-state index contributed by atoms with van der Waals surface area (Å²) in [5, 5.41) is 0. The molecule has 15 heavy (non-hydrogen) atoms. The van der Waals surface area contributed by atoms with E-state index in [9.17, 15) is 0 Å². The van der Waals surface area contributed by atoms with Gasteiger partial charge in [-0.15, -0.1) is 5.73 Å². The molecule has 0 aromatic heterocycles. The first-order valence-corrected chi connectivity index (χ1v) is 6.55. The minimum Gasteiger partial charge on any atom is -0.117 e. The first kappa shape index (κ1) is 12.3. The Labute approximate surface area is 94.8 Å². The van der Waals surface area contributed by atoms with Gasteiger partial charge in [0.15, 0.2) is 0 Å². The molecule has 84 valence electrons. The summed E-state index contributed by atoms with van der Waals surface area (Å²) in [6, 6.07) is 0. The van der Waals surface area contributed by atoms with Crippen LogP contribution in [0.25, 0.3) is 0 Å². The predicted octanol–water partition coefficient (Wildman–Crippen LogP) is 5.17. The molecule has 0 aliphatic heterocycles. The minimum atomic E-state index is 1.22. The first-order chi connectivity index (χ1) is 7.43. The molecule has 0 heterocycles. The zero-order chi connectivity index (χ0) is 10.8. The van der Waals surface area contributed by atoms with E-state index in [-0.39, 0.29) is 0 Å². The Morgan fingerprint density at radius 2 is 1.60 bits per heavy atom. The molecule has 0 N–H and O–H groups in total. The van der Waals surface area contributed by atoms with E-state index < -0.39 is 0 Å². The summed E-state index contributed by atoms with van der Waals surface area (Å²) in [4.78, 5) is 0. The number of hydrogen-bond acceptors (Lipinski definition) is 0. The van der Waals surface area contributed by atoms with Gasteiger partial charge in [0.2, 0.25) is 0 Å². The van der Waals surface area contributed by atoms with Crippen LogP contribution >= 0.6 is 0 Å². The number of hydrogen-bond donors (Lipinski definition) is 0. The van der Waals surface area contributed by atoms with Gasteiger partial charge in [0.25, 0.3) is 0 Å². The van der Waals surface area contributed by atoms with Crippen LogP contribution in [0.15, 0.2) is 29.5 Å². The van der Waals surface area contributed by atoms with Crippen molar-refractivity contribution >= 4 is 0 Å². The lowest BCUT2D eigenvalue weighted by Crippen LogP contribution is -1.81. The summed E-state index contributed by atoms with van der Waals surface area (Å²) < 4.78 is 0. The molecule has 0 nitrogen and oxygen atoms in total. The molecule has 0 atom stereocenters. The third kappa shape index (κ3) is 6.36. The molecule has 1 aliphatic rings. The van der Waals surface area contributed by atoms with Crippen molar-refractivity contribution in [3.05, 3.63) is 29.5 Å². The Bertz CT molecular complexity index is 239. The normalized spacial score (nSPS) is 13.5. The van der Waals surface area contributed by atoms with Crippen molar-refractivity contribution < 1.29 is 0 Å². The summed E-state index contributed by atoms with van der Waals surface area (Å²) in [5.74, 6) is 0. The van der Waals surface area contributed by atoms with E-state index in [0.29, 0.717) is 0 Å². The van der Waals surface area contributed by atoms with Crippen LogP contribution in [0.2, 0.25) is 0 Å². The SMILES string of the molecule is CCCCCCCCCCC1=C=CC=C1. The average molecular weight is 204 g/mol. The number of unbranched alkanes of at least 4 members (excludes halogenated alkanes) is 7. The molecule has 0 aromatic carbocycles. The fourth-order valence-corrected chi connectivity index (χ4v) is 1.97. The molecule has 1 aliphatic carbocycles. The Morgan fingerprint density at radius 1 is 0.933 bits per heavy atom. The van der Waals surface area contributed by atoms with E-state index in [1.807, 2.05) is 6.08 Å². The van der Waals surface area contributed by atoms with Crippen molar-refractivity contribution in [1.82, 2.24) is 0 Å². The molecule has 0 bridgehead atoms. The van der Waals surface area contributed by atoms with Crippen molar-refractivity contribution in [2.24, 2.45) is 0 Å². The summed E-state index contributed by atoms with van der Waals surface area (Å²) >= 11 is 0. The molecule has 0 amide bonds. The maximum Gasteiger partial charge on any atom is -0.00601 e. The molecular weight excluding hydrogens is 180 g/mol. The van der Waals surface area contributed by atoms with Gasteiger partial charge >= 0.3 is 0 Å². The molecule has 1 rings (SSSR count). The van der Waals surface area contributed by atoms with E-state index in [1.165, 1.54) is 63.4 Å². The van der Waals surface area contributed by atoms with Crippen molar-refractivity contribution in [2.45, 2.75) is 64.7 Å². The molecule has 0 unspecified atom stereocenters. The standard InChI is InChI=1S/C15H24/c1-2-3-4-5-6-7-8-9-12-15-13-10-11-14-15/h10-11,13H,2-9,12H2,1H3. The third-order valence-corrected chi connectivity index (χ3v) is 2.96. The topological polar surface area (TPSA) is 0 Å². The van der Waals surface area contributed by atoms with Crippen LogP contribution < -0.4 is 0 Å². The Hall–Kier alpha value is -0.740. The van der Waals surface area contributed by atoms with Crippen LogP contribution in [-0.2, 0) is 0 Å². The molecule has 0 saturated carbocycles. The molecule has 0 heteroatoms. The minimum absolute atomic E-state index is 1.22. The highest BCUT2D eigenvalue weighted by Crippen LogP contribution is 2.14. The van der Waals surface area contributed by atoms with Crippen molar-refractivity contribution in [2.75, 3.05) is 0 Å². The Kier molecular flexibility index (Phi) is 7.04. The first-order valence-electron chi connectivity index (χ1n) is 6.55. The molecule has 0 aromatic rings. The quantitative estimate of drug-likeness (QED) is 0.359. The van der Waals surface area contributed by atoms with Gasteiger partial charge < -0.3 is 0 Å². The zero-order valence-electron chi connectivity index (χ0n) is 10.1. The summed E-state index contributed by atoms with van der Waals surface area (Å²) in [7, 11) is 0. The summed E-state index contributed by atoms with van der Waals surface area (Å²) in [6.07, 6.45) is 18.7. The van der Waals surface area contributed by atoms with Gasteiger partial charge in [0.1, 0.15) is 0 Å². The lowest BCUT2D eigenvalue weighted by Gasteiger charge is -2.01. The van der Waals surface area contributed by atoms with Crippen LogP contribution in [0.1, 0.15) is 64.7 Å². The predicted molar refractivity (Wildman–Crippen MR) is 68.0 cm³/mol. The van der Waals surface area contributed by atoms with E-state index in [1.54, 1.807) is 0 Å². The second kappa shape index (κ2) is 8.56. The summed E-state index contributed by atoms with van der Waals surface area (Å²) in [6.45, 7) is 2.27. The highest BCUT2D eigenvalue weighted by Gasteiger charge is 1.95. The maximum atomic E-state index is 3.26. The average Bonchev–Trinajstić information content (AvgIpc) is 2.75. The monoisotopic (exact) mass is 204 g/mol. The van der Waals surface area contributed by atoms with Gasteiger partial charge in [-0.1, -0.05) is 64.0 Å². The van der Waals surface area contributed by atoms with E-state index in [0.717, 1.165) is 0 Å². The van der Waals surface area contributed by atoms with Gasteiger partial charge in [-0.05, 0) is 24.5 Å². The number of rotatable bonds is 9. The number of allylic oxidation sites excluding steroid dienone is 3. The van der Waals surface area contributed by atoms with E-state index in [4.69, 9.17) is 0 Å². The van der Waals surface area contributed by atoms with Gasteiger partial charge in [0, 0.05) is 0 Å². The lowest BCUT2D eigenvalue weighted by molar-refractivity contribution is 0.576. The van der Waals surface area contributed by atoms with Crippen LogP contribution in [0.3, 0.4) is 0 Å². The zero-order valence-corrected chi connectivity index (χ0v) is 10.1. The van der Waals surface area contributed by atoms with Gasteiger partial charge in [0.05, 0.1) is 0 Å². The van der Waals surface area contributed by atoms with Gasteiger partial charge in [-0.2, -0.15) is 0 Å². The maximum absolute atomic E-state index is 3.26. The van der Waals surface area contributed by atoms with E-state index in [2.05, 4.69) is 24.8 Å². The van der Waals surface area contributed by atoms with Crippen molar-refractivity contribution in [3.8, 4) is 0 Å². The molecular formula is C15H24. The Balaban J connectivity index is 1.81. The summed E-state index contributed by atoms with van der Waals surface area (Å²) in [5.41, 5.74) is 4.65. The molecule has 0 radical (unpaired) electrons. The largest absolute Gasteiger partial charge is 0.117 e.